The van der Waals surface area contributed by atoms with E-state index in [1.54, 1.807) is 0 Å². The Morgan fingerprint density at radius 2 is 1.62 bits per heavy atom. The molecule has 0 aromatic carbocycles. The summed E-state index contributed by atoms with van der Waals surface area (Å²) < 4.78 is 24.2. The fourth-order valence-electron chi connectivity index (χ4n) is 1.82. The zero-order chi connectivity index (χ0) is 15.6. The zero-order valence-corrected chi connectivity index (χ0v) is 10.8. The second-order valence-electron chi connectivity index (χ2n) is 4.51. The molecule has 11 nitrogen and oxygen atoms in total. The minimum Gasteiger partial charge on any atom is -0.393 e. The highest BCUT2D eigenvalue weighted by atomic mass is 16.9. The van der Waals surface area contributed by atoms with Crippen LogP contribution in [0.4, 0.5) is 0 Å². The molecule has 3 unspecified atom stereocenters. The third-order valence-electron chi connectivity index (χ3n) is 2.90. The van der Waals surface area contributed by atoms with Crippen molar-refractivity contribution in [3.8, 4) is 0 Å². The van der Waals surface area contributed by atoms with Crippen molar-refractivity contribution in [2.24, 2.45) is 0 Å². The maximum absolute atomic E-state index is 9.50. The van der Waals surface area contributed by atoms with Gasteiger partial charge in [-0.05, 0) is 0 Å². The molecule has 11 heteroatoms. The fourth-order valence-corrected chi connectivity index (χ4v) is 1.82. The molecule has 0 spiro atoms. The molecule has 2 fully saturated rings. The van der Waals surface area contributed by atoms with Gasteiger partial charge in [-0.2, -0.15) is 0 Å². The van der Waals surface area contributed by atoms with E-state index in [0.717, 1.165) is 0 Å². The molecular weight excluding hydrogens is 296 g/mol. The van der Waals surface area contributed by atoms with Crippen LogP contribution in [0.5, 0.6) is 0 Å². The molecule has 0 bridgehead atoms. The van der Waals surface area contributed by atoms with E-state index in [-0.39, 0.29) is 6.61 Å². The van der Waals surface area contributed by atoms with Crippen LogP contribution >= 0.6 is 0 Å². The first kappa shape index (κ1) is 16.9. The number of aliphatic hydroxyl groups is 6. The van der Waals surface area contributed by atoms with Crippen molar-refractivity contribution in [3.05, 3.63) is 0 Å². The smallest absolute Gasteiger partial charge is 0.307 e. The molecule has 2 aliphatic heterocycles. The lowest BCUT2D eigenvalue weighted by Crippen LogP contribution is -2.52. The Bertz CT molecular complexity index is 341. The van der Waals surface area contributed by atoms with Crippen molar-refractivity contribution in [1.29, 1.82) is 0 Å². The maximum atomic E-state index is 9.50. The molecule has 0 saturated carbocycles. The summed E-state index contributed by atoms with van der Waals surface area (Å²) in [6.45, 7) is -1.85. The van der Waals surface area contributed by atoms with Crippen molar-refractivity contribution in [3.63, 3.8) is 0 Å². The van der Waals surface area contributed by atoms with Crippen molar-refractivity contribution in [1.82, 2.24) is 0 Å². The predicted octanol–water partition coefficient (Wildman–Crippen LogP) is -4.25. The molecule has 0 radical (unpaired) electrons. The Morgan fingerprint density at radius 3 is 2.19 bits per heavy atom. The maximum Gasteiger partial charge on any atom is 0.307 e. The molecule has 2 saturated heterocycles. The summed E-state index contributed by atoms with van der Waals surface area (Å²) in [4.78, 5) is 0. The van der Waals surface area contributed by atoms with Crippen LogP contribution in [0.1, 0.15) is 0 Å². The van der Waals surface area contributed by atoms with Crippen LogP contribution in [0.3, 0.4) is 0 Å². The first-order valence-corrected chi connectivity index (χ1v) is 6.15. The molecule has 2 rings (SSSR count). The highest BCUT2D eigenvalue weighted by Crippen LogP contribution is 2.26. The van der Waals surface area contributed by atoms with E-state index in [1.165, 1.54) is 0 Å². The van der Waals surface area contributed by atoms with E-state index >= 15 is 0 Å². The van der Waals surface area contributed by atoms with E-state index in [0.29, 0.717) is 0 Å². The molecule has 21 heavy (non-hydrogen) atoms. The summed E-state index contributed by atoms with van der Waals surface area (Å²) in [6.07, 6.45) is -8.33. The van der Waals surface area contributed by atoms with Gasteiger partial charge >= 0.3 is 5.97 Å². The molecule has 0 aliphatic carbocycles. The molecule has 7 atom stereocenters. The van der Waals surface area contributed by atoms with Crippen LogP contribution in [-0.4, -0.2) is 93.8 Å². The predicted molar refractivity (Wildman–Crippen MR) is 58.8 cm³/mol. The Hall–Kier alpha value is -0.440. The highest BCUT2D eigenvalue weighted by Gasteiger charge is 2.47. The van der Waals surface area contributed by atoms with Gasteiger partial charge in [-0.1, -0.05) is 0 Å². The van der Waals surface area contributed by atoms with Gasteiger partial charge in [0.25, 0.3) is 0 Å². The van der Waals surface area contributed by atoms with Gasteiger partial charge in [0.15, 0.2) is 12.6 Å². The molecule has 0 amide bonds. The molecule has 0 aromatic rings. The van der Waals surface area contributed by atoms with Gasteiger partial charge in [-0.15, -0.1) is 0 Å². The average Bonchev–Trinajstić information content (AvgIpc) is 2.73. The number of rotatable bonds is 5. The number of hydrogen-bond acceptors (Lipinski definition) is 11. The number of aliphatic hydroxyl groups excluding tert-OH is 5. The molecule has 124 valence electrons. The van der Waals surface area contributed by atoms with E-state index in [4.69, 9.17) is 24.4 Å². The lowest BCUT2D eigenvalue weighted by Gasteiger charge is -2.36. The third-order valence-corrected chi connectivity index (χ3v) is 2.90. The topological polar surface area (TPSA) is 168 Å². The minimum atomic E-state index is -2.33. The van der Waals surface area contributed by atoms with Crippen molar-refractivity contribution in [2.75, 3.05) is 19.8 Å². The van der Waals surface area contributed by atoms with Crippen molar-refractivity contribution >= 4 is 0 Å². The number of hydrogen-bond donors (Lipinski definition) is 6. The van der Waals surface area contributed by atoms with Gasteiger partial charge in [0.2, 0.25) is 12.6 Å². The Labute approximate surface area is 118 Å². The van der Waals surface area contributed by atoms with Crippen LogP contribution in [-0.2, 0) is 23.7 Å². The van der Waals surface area contributed by atoms with E-state index in [9.17, 15) is 20.4 Å². The second kappa shape index (κ2) is 6.76. The Morgan fingerprint density at radius 1 is 0.905 bits per heavy atom. The summed E-state index contributed by atoms with van der Waals surface area (Å²) in [6, 6.07) is 0. The quantitative estimate of drug-likeness (QED) is 0.291. The van der Waals surface area contributed by atoms with Gasteiger partial charge in [-0.25, -0.2) is 0 Å². The zero-order valence-electron chi connectivity index (χ0n) is 10.8. The van der Waals surface area contributed by atoms with E-state index in [2.05, 4.69) is 9.47 Å². The lowest BCUT2D eigenvalue weighted by molar-refractivity contribution is -0.390. The highest BCUT2D eigenvalue weighted by molar-refractivity contribution is 4.74. The Balaban J connectivity index is 1.85. The second-order valence-corrected chi connectivity index (χ2v) is 4.51. The van der Waals surface area contributed by atoms with E-state index in [1.807, 2.05) is 0 Å². The first-order chi connectivity index (χ1) is 9.88. The van der Waals surface area contributed by atoms with Gasteiger partial charge in [0.05, 0.1) is 13.2 Å². The first-order valence-electron chi connectivity index (χ1n) is 6.15. The molecule has 0 aromatic heterocycles. The lowest BCUT2D eigenvalue weighted by atomic mass is 10.3. The minimum absolute atomic E-state index is 0.386. The van der Waals surface area contributed by atoms with Crippen LogP contribution in [0, 0.1) is 0 Å². The van der Waals surface area contributed by atoms with Crippen molar-refractivity contribution in [2.45, 2.75) is 43.3 Å². The Kier molecular flexibility index (Phi) is 5.45. The summed E-state index contributed by atoms with van der Waals surface area (Å²) >= 11 is 0. The summed E-state index contributed by atoms with van der Waals surface area (Å²) in [5.41, 5.74) is 0. The summed E-state index contributed by atoms with van der Waals surface area (Å²) in [5, 5.41) is 55.5. The van der Waals surface area contributed by atoms with Gasteiger partial charge < -0.3 is 49.6 Å². The SMILES string of the molecule is OCC1O[C@H](OC[C@H]2O[C@](O)(CO)OC2O)C(O)O[C@@H]1O. The van der Waals surface area contributed by atoms with Gasteiger partial charge in [-0.3, -0.25) is 4.74 Å². The fraction of sp³-hybridized carbons (Fsp3) is 1.00. The van der Waals surface area contributed by atoms with Crippen LogP contribution in [0.15, 0.2) is 0 Å². The molecule has 2 aliphatic rings. The molecular formula is C10H18O11. The van der Waals surface area contributed by atoms with E-state index < -0.39 is 56.6 Å². The van der Waals surface area contributed by atoms with Crippen LogP contribution < -0.4 is 0 Å². The molecule has 2 heterocycles. The number of ether oxygens (including phenoxy) is 5. The monoisotopic (exact) mass is 314 g/mol. The molecule has 6 N–H and O–H groups in total. The summed E-state index contributed by atoms with van der Waals surface area (Å²) in [5.74, 6) is -2.33. The van der Waals surface area contributed by atoms with Gasteiger partial charge in [0, 0.05) is 0 Å². The normalized spacial score (nSPS) is 47.7. The largest absolute Gasteiger partial charge is 0.393 e. The third kappa shape index (κ3) is 3.85. The van der Waals surface area contributed by atoms with Crippen LogP contribution in [0.25, 0.3) is 0 Å². The summed E-state index contributed by atoms with van der Waals surface area (Å²) in [7, 11) is 0. The average molecular weight is 314 g/mol. The van der Waals surface area contributed by atoms with Crippen molar-refractivity contribution < 1.29 is 54.3 Å². The van der Waals surface area contributed by atoms with Gasteiger partial charge in [0.1, 0.15) is 18.8 Å². The standard InChI is InChI=1S/C10H18O11/c11-1-4-6(13)19-8(15)9(18-4)17-2-5-7(14)21-10(16,3-12)20-5/h4-9,11-16H,1-3H2/t4?,5-,6+,7?,8?,9+,10-/m1/s1. The van der Waals surface area contributed by atoms with Crippen LogP contribution in [0.2, 0.25) is 0 Å².